The van der Waals surface area contributed by atoms with E-state index in [0.717, 1.165) is 25.0 Å². The molecule has 0 spiro atoms. The van der Waals surface area contributed by atoms with Gasteiger partial charge in [-0.1, -0.05) is 12.8 Å². The SMILES string of the molecule is O=C(CNC1CCCC1)NC1CCCc2occc21. The molecule has 104 valence electrons. The van der Waals surface area contributed by atoms with Crippen molar-refractivity contribution in [2.75, 3.05) is 6.54 Å². The molecule has 2 aliphatic rings. The molecule has 1 amide bonds. The van der Waals surface area contributed by atoms with Gasteiger partial charge in [-0.2, -0.15) is 0 Å². The number of nitrogens with one attached hydrogen (secondary N) is 2. The highest BCUT2D eigenvalue weighted by Crippen LogP contribution is 2.30. The van der Waals surface area contributed by atoms with Crippen LogP contribution in [0.1, 0.15) is 55.9 Å². The zero-order valence-corrected chi connectivity index (χ0v) is 11.3. The van der Waals surface area contributed by atoms with E-state index in [-0.39, 0.29) is 11.9 Å². The number of aryl methyl sites for hydroxylation is 1. The van der Waals surface area contributed by atoms with Crippen molar-refractivity contribution in [2.45, 2.75) is 57.0 Å². The van der Waals surface area contributed by atoms with Gasteiger partial charge in [0.05, 0.1) is 18.8 Å². The molecule has 0 radical (unpaired) electrons. The Labute approximate surface area is 113 Å². The van der Waals surface area contributed by atoms with Gasteiger partial charge in [-0.3, -0.25) is 4.79 Å². The average molecular weight is 262 g/mol. The second-order valence-corrected chi connectivity index (χ2v) is 5.67. The quantitative estimate of drug-likeness (QED) is 0.875. The Hall–Kier alpha value is -1.29. The van der Waals surface area contributed by atoms with Gasteiger partial charge in [0.25, 0.3) is 0 Å². The third-order valence-electron chi connectivity index (χ3n) is 4.29. The third kappa shape index (κ3) is 3.00. The predicted molar refractivity (Wildman–Crippen MR) is 72.8 cm³/mol. The van der Waals surface area contributed by atoms with Crippen molar-refractivity contribution >= 4 is 5.91 Å². The van der Waals surface area contributed by atoms with Crippen LogP contribution in [0, 0.1) is 0 Å². The number of hydrogen-bond donors (Lipinski definition) is 2. The molecule has 1 atom stereocenters. The summed E-state index contributed by atoms with van der Waals surface area (Å²) in [4.78, 5) is 12.0. The summed E-state index contributed by atoms with van der Waals surface area (Å²) in [5.74, 6) is 1.14. The Bertz CT molecular complexity index is 435. The second-order valence-electron chi connectivity index (χ2n) is 5.67. The summed E-state index contributed by atoms with van der Waals surface area (Å²) in [6, 6.07) is 2.67. The molecule has 2 N–H and O–H groups in total. The summed E-state index contributed by atoms with van der Waals surface area (Å²) in [6.45, 7) is 0.439. The van der Waals surface area contributed by atoms with Gasteiger partial charge in [-0.05, 0) is 31.7 Å². The number of amides is 1. The molecule has 1 aromatic heterocycles. The first-order valence-electron chi connectivity index (χ1n) is 7.42. The fourth-order valence-electron chi connectivity index (χ4n) is 3.25. The van der Waals surface area contributed by atoms with Crippen LogP contribution in [0.4, 0.5) is 0 Å². The van der Waals surface area contributed by atoms with Gasteiger partial charge >= 0.3 is 0 Å². The largest absolute Gasteiger partial charge is 0.469 e. The molecule has 0 aliphatic heterocycles. The fraction of sp³-hybridized carbons (Fsp3) is 0.667. The van der Waals surface area contributed by atoms with Crippen LogP contribution in [-0.4, -0.2) is 18.5 Å². The van der Waals surface area contributed by atoms with E-state index in [4.69, 9.17) is 4.42 Å². The number of carbonyl (C=O) groups excluding carboxylic acids is 1. The number of hydrogen-bond acceptors (Lipinski definition) is 3. The normalized spacial score (nSPS) is 23.3. The molecular formula is C15H22N2O2. The summed E-state index contributed by atoms with van der Waals surface area (Å²) < 4.78 is 5.44. The zero-order valence-electron chi connectivity index (χ0n) is 11.3. The van der Waals surface area contributed by atoms with E-state index in [0.29, 0.717) is 12.6 Å². The van der Waals surface area contributed by atoms with Gasteiger partial charge < -0.3 is 15.1 Å². The molecule has 1 unspecified atom stereocenters. The average Bonchev–Trinajstić information content (AvgIpc) is 3.08. The molecule has 4 heteroatoms. The molecule has 19 heavy (non-hydrogen) atoms. The minimum atomic E-state index is 0.103. The van der Waals surface area contributed by atoms with E-state index in [1.54, 1.807) is 6.26 Å². The van der Waals surface area contributed by atoms with Gasteiger partial charge in [0.2, 0.25) is 5.91 Å². The maximum absolute atomic E-state index is 12.0. The van der Waals surface area contributed by atoms with Crippen LogP contribution in [0.3, 0.4) is 0 Å². The minimum Gasteiger partial charge on any atom is -0.469 e. The van der Waals surface area contributed by atoms with E-state index in [9.17, 15) is 4.79 Å². The summed E-state index contributed by atoms with van der Waals surface area (Å²) in [5.41, 5.74) is 1.17. The van der Waals surface area contributed by atoms with Crippen molar-refractivity contribution in [3.63, 3.8) is 0 Å². The molecule has 2 aliphatic carbocycles. The van der Waals surface area contributed by atoms with E-state index in [1.807, 2.05) is 6.07 Å². The van der Waals surface area contributed by atoms with Gasteiger partial charge in [-0.25, -0.2) is 0 Å². The lowest BCUT2D eigenvalue weighted by Gasteiger charge is -2.23. The van der Waals surface area contributed by atoms with Gasteiger partial charge in [0.15, 0.2) is 0 Å². The van der Waals surface area contributed by atoms with Crippen LogP contribution < -0.4 is 10.6 Å². The number of rotatable bonds is 4. The first kappa shape index (κ1) is 12.7. The number of carbonyl (C=O) groups is 1. The highest BCUT2D eigenvalue weighted by molar-refractivity contribution is 5.78. The molecule has 0 aromatic carbocycles. The van der Waals surface area contributed by atoms with Crippen molar-refractivity contribution in [1.82, 2.24) is 10.6 Å². The van der Waals surface area contributed by atoms with E-state index in [1.165, 1.54) is 31.2 Å². The zero-order chi connectivity index (χ0) is 13.1. The third-order valence-corrected chi connectivity index (χ3v) is 4.29. The van der Waals surface area contributed by atoms with Crippen LogP contribution in [0.15, 0.2) is 16.7 Å². The predicted octanol–water partition coefficient (Wildman–Crippen LogP) is 2.31. The maximum Gasteiger partial charge on any atom is 0.234 e. The summed E-state index contributed by atoms with van der Waals surface area (Å²) in [6.07, 6.45) is 9.83. The van der Waals surface area contributed by atoms with Crippen molar-refractivity contribution in [1.29, 1.82) is 0 Å². The van der Waals surface area contributed by atoms with E-state index in [2.05, 4.69) is 10.6 Å². The molecule has 1 heterocycles. The molecule has 1 saturated carbocycles. The van der Waals surface area contributed by atoms with Crippen LogP contribution in [0.25, 0.3) is 0 Å². The monoisotopic (exact) mass is 262 g/mol. The van der Waals surface area contributed by atoms with Crippen molar-refractivity contribution < 1.29 is 9.21 Å². The molecule has 1 aromatic rings. The van der Waals surface area contributed by atoms with Gasteiger partial charge in [0.1, 0.15) is 5.76 Å². The molecule has 4 nitrogen and oxygen atoms in total. The lowest BCUT2D eigenvalue weighted by molar-refractivity contribution is -0.121. The smallest absolute Gasteiger partial charge is 0.234 e. The van der Waals surface area contributed by atoms with Crippen LogP contribution >= 0.6 is 0 Å². The Kier molecular flexibility index (Phi) is 3.87. The summed E-state index contributed by atoms with van der Waals surface area (Å²) in [7, 11) is 0. The van der Waals surface area contributed by atoms with Crippen molar-refractivity contribution in [2.24, 2.45) is 0 Å². The Morgan fingerprint density at radius 2 is 2.11 bits per heavy atom. The first-order chi connectivity index (χ1) is 9.33. The van der Waals surface area contributed by atoms with Crippen molar-refractivity contribution in [3.05, 3.63) is 23.7 Å². The minimum absolute atomic E-state index is 0.103. The molecule has 0 saturated heterocycles. The van der Waals surface area contributed by atoms with Crippen LogP contribution in [-0.2, 0) is 11.2 Å². The highest BCUT2D eigenvalue weighted by Gasteiger charge is 2.24. The molecule has 0 bridgehead atoms. The maximum atomic E-state index is 12.0. The number of furan rings is 1. The van der Waals surface area contributed by atoms with Crippen LogP contribution in [0.5, 0.6) is 0 Å². The fourth-order valence-corrected chi connectivity index (χ4v) is 3.25. The van der Waals surface area contributed by atoms with Crippen LogP contribution in [0.2, 0.25) is 0 Å². The molecule has 3 rings (SSSR count). The van der Waals surface area contributed by atoms with Gasteiger partial charge in [-0.15, -0.1) is 0 Å². The van der Waals surface area contributed by atoms with E-state index < -0.39 is 0 Å². The molecular weight excluding hydrogens is 240 g/mol. The number of fused-ring (bicyclic) bond motifs is 1. The van der Waals surface area contributed by atoms with E-state index >= 15 is 0 Å². The lowest BCUT2D eigenvalue weighted by atomic mass is 9.93. The topological polar surface area (TPSA) is 54.3 Å². The molecule has 1 fully saturated rings. The van der Waals surface area contributed by atoms with Crippen molar-refractivity contribution in [3.8, 4) is 0 Å². The summed E-state index contributed by atoms with van der Waals surface area (Å²) in [5, 5.41) is 6.48. The Morgan fingerprint density at radius 1 is 1.26 bits per heavy atom. The lowest BCUT2D eigenvalue weighted by Crippen LogP contribution is -2.40. The second kappa shape index (κ2) is 5.78. The highest BCUT2D eigenvalue weighted by atomic mass is 16.3. The summed E-state index contributed by atoms with van der Waals surface area (Å²) >= 11 is 0. The van der Waals surface area contributed by atoms with Gasteiger partial charge in [0, 0.05) is 18.0 Å². The Morgan fingerprint density at radius 3 is 2.95 bits per heavy atom. The Balaban J connectivity index is 1.50. The first-order valence-corrected chi connectivity index (χ1v) is 7.42. The standard InChI is InChI=1S/C15H22N2O2/c18-15(10-16-11-4-1-2-5-11)17-13-6-3-7-14-12(13)8-9-19-14/h8-9,11,13,16H,1-7,10H2,(H,17,18).